The Hall–Kier alpha value is -3.54. The van der Waals surface area contributed by atoms with Crippen LogP contribution < -0.4 is 16.2 Å². The molecule has 0 bridgehead atoms. The molecule has 12 heteroatoms. The topological polar surface area (TPSA) is 140 Å². The van der Waals surface area contributed by atoms with Crippen LogP contribution in [0.4, 0.5) is 17.3 Å². The molecular weight excluding hydrogens is 444 g/mol. The first-order chi connectivity index (χ1) is 14.0. The van der Waals surface area contributed by atoms with Gasteiger partial charge in [0.1, 0.15) is 6.33 Å². The van der Waals surface area contributed by atoms with E-state index in [9.17, 15) is 14.9 Å². The molecule has 0 unspecified atom stereocenters. The van der Waals surface area contributed by atoms with Crippen molar-refractivity contribution >= 4 is 39.2 Å². The van der Waals surface area contributed by atoms with E-state index in [2.05, 4.69) is 47.1 Å². The number of halogens is 1. The van der Waals surface area contributed by atoms with Crippen molar-refractivity contribution in [3.8, 4) is 0 Å². The molecule has 0 saturated carbocycles. The number of carbonyl (C=O) groups is 1. The van der Waals surface area contributed by atoms with Gasteiger partial charge in [-0.1, -0.05) is 15.9 Å². The van der Waals surface area contributed by atoms with Crippen molar-refractivity contribution in [3.05, 3.63) is 69.5 Å². The molecule has 1 amide bonds. The van der Waals surface area contributed by atoms with Crippen LogP contribution in [0, 0.1) is 10.1 Å². The molecule has 0 aliphatic rings. The number of hydrazine groups is 1. The van der Waals surface area contributed by atoms with Crippen LogP contribution in [0.2, 0.25) is 0 Å². The van der Waals surface area contributed by atoms with Gasteiger partial charge in [-0.25, -0.2) is 15.0 Å². The number of aromatic nitrogens is 4. The summed E-state index contributed by atoms with van der Waals surface area (Å²) in [5, 5.41) is 14.5. The van der Waals surface area contributed by atoms with E-state index in [1.807, 2.05) is 10.8 Å². The monoisotopic (exact) mass is 460 g/mol. The lowest BCUT2D eigenvalue weighted by Crippen LogP contribution is -2.30. The van der Waals surface area contributed by atoms with Crippen molar-refractivity contribution in [1.82, 2.24) is 24.9 Å². The molecule has 150 valence electrons. The standard InChI is InChI=1S/C17H17BrN8O3/c18-13-4-2-12(3-5-13)17(27)24-23-16-14(26(28)29)15(21-10-22-16)20-6-1-8-25-9-7-19-11-25/h2-5,7,9-11H,1,6,8H2,(H,24,27)(H2,20,21,22,23). The number of rotatable bonds is 9. The number of anilines is 2. The number of nitrogens with zero attached hydrogens (tertiary/aromatic N) is 5. The third kappa shape index (κ3) is 5.48. The average Bonchev–Trinajstić information content (AvgIpc) is 3.23. The Bertz CT molecular complexity index is 979. The van der Waals surface area contributed by atoms with Crippen LogP contribution in [0.5, 0.6) is 0 Å². The minimum absolute atomic E-state index is 0.0658. The van der Waals surface area contributed by atoms with Gasteiger partial charge in [0, 0.05) is 35.5 Å². The van der Waals surface area contributed by atoms with Gasteiger partial charge >= 0.3 is 5.69 Å². The molecule has 3 rings (SSSR count). The van der Waals surface area contributed by atoms with Crippen molar-refractivity contribution in [2.24, 2.45) is 0 Å². The summed E-state index contributed by atoms with van der Waals surface area (Å²) in [7, 11) is 0. The summed E-state index contributed by atoms with van der Waals surface area (Å²) in [4.78, 5) is 34.9. The first-order valence-electron chi connectivity index (χ1n) is 8.55. The summed E-state index contributed by atoms with van der Waals surface area (Å²) in [5.41, 5.74) is 4.94. The maximum Gasteiger partial charge on any atom is 0.354 e. The summed E-state index contributed by atoms with van der Waals surface area (Å²) in [6.07, 6.45) is 7.11. The van der Waals surface area contributed by atoms with Gasteiger partial charge < -0.3 is 9.88 Å². The van der Waals surface area contributed by atoms with Crippen LogP contribution in [0.1, 0.15) is 16.8 Å². The lowest BCUT2D eigenvalue weighted by Gasteiger charge is -2.11. The summed E-state index contributed by atoms with van der Waals surface area (Å²) in [6, 6.07) is 6.66. The predicted octanol–water partition coefficient (Wildman–Crippen LogP) is 2.60. The molecule has 0 atom stereocenters. The second-order valence-electron chi connectivity index (χ2n) is 5.84. The average molecular weight is 461 g/mol. The number of imidazole rings is 1. The molecule has 11 nitrogen and oxygen atoms in total. The summed E-state index contributed by atoms with van der Waals surface area (Å²) < 4.78 is 2.73. The fourth-order valence-corrected chi connectivity index (χ4v) is 2.71. The maximum absolute atomic E-state index is 12.2. The van der Waals surface area contributed by atoms with E-state index < -0.39 is 10.8 Å². The molecule has 1 aromatic carbocycles. The zero-order valence-electron chi connectivity index (χ0n) is 15.1. The van der Waals surface area contributed by atoms with Gasteiger partial charge in [-0.2, -0.15) is 0 Å². The summed E-state index contributed by atoms with van der Waals surface area (Å²) in [5.74, 6) is -0.510. The minimum atomic E-state index is -0.605. The lowest BCUT2D eigenvalue weighted by molar-refractivity contribution is -0.383. The molecule has 2 heterocycles. The molecule has 0 saturated heterocycles. The highest BCUT2D eigenvalue weighted by Gasteiger charge is 2.23. The zero-order valence-corrected chi connectivity index (χ0v) is 16.7. The number of nitro groups is 1. The minimum Gasteiger partial charge on any atom is -0.364 e. The molecule has 3 aromatic rings. The molecule has 0 spiro atoms. The van der Waals surface area contributed by atoms with E-state index in [4.69, 9.17) is 0 Å². The highest BCUT2D eigenvalue weighted by Crippen LogP contribution is 2.28. The Balaban J connectivity index is 1.63. The van der Waals surface area contributed by atoms with Gasteiger partial charge in [0.05, 0.1) is 11.3 Å². The van der Waals surface area contributed by atoms with Crippen molar-refractivity contribution in [1.29, 1.82) is 0 Å². The van der Waals surface area contributed by atoms with E-state index >= 15 is 0 Å². The Morgan fingerprint density at radius 1 is 1.21 bits per heavy atom. The van der Waals surface area contributed by atoms with Crippen molar-refractivity contribution in [2.75, 3.05) is 17.3 Å². The maximum atomic E-state index is 12.2. The second-order valence-corrected chi connectivity index (χ2v) is 6.76. The lowest BCUT2D eigenvalue weighted by atomic mass is 10.2. The molecule has 3 N–H and O–H groups in total. The third-order valence-corrected chi connectivity index (χ3v) is 4.38. The molecule has 0 aliphatic carbocycles. The highest BCUT2D eigenvalue weighted by molar-refractivity contribution is 9.10. The zero-order chi connectivity index (χ0) is 20.6. The highest BCUT2D eigenvalue weighted by atomic mass is 79.9. The molecular formula is C17H17BrN8O3. The SMILES string of the molecule is O=C(NNc1ncnc(NCCCn2ccnc2)c1[N+](=O)[O-])c1ccc(Br)cc1. The smallest absolute Gasteiger partial charge is 0.354 e. The number of amides is 1. The summed E-state index contributed by atoms with van der Waals surface area (Å²) >= 11 is 3.29. The van der Waals surface area contributed by atoms with Gasteiger partial charge in [-0.15, -0.1) is 0 Å². The van der Waals surface area contributed by atoms with E-state index in [-0.39, 0.29) is 17.3 Å². The number of hydrogen-bond acceptors (Lipinski definition) is 8. The van der Waals surface area contributed by atoms with Crippen LogP contribution in [0.25, 0.3) is 0 Å². The second kappa shape index (κ2) is 9.59. The van der Waals surface area contributed by atoms with Crippen molar-refractivity contribution < 1.29 is 9.72 Å². The van der Waals surface area contributed by atoms with Gasteiger partial charge in [-0.3, -0.25) is 25.8 Å². The number of hydrogen-bond donors (Lipinski definition) is 3. The van der Waals surface area contributed by atoms with Gasteiger partial charge in [-0.05, 0) is 30.7 Å². The fraction of sp³-hybridized carbons (Fsp3) is 0.176. The molecule has 0 aliphatic heterocycles. The Kier molecular flexibility index (Phi) is 6.68. The fourth-order valence-electron chi connectivity index (χ4n) is 2.45. The van der Waals surface area contributed by atoms with Crippen LogP contribution in [0.15, 0.2) is 53.8 Å². The quantitative estimate of drug-likeness (QED) is 0.251. The number of aryl methyl sites for hydroxylation is 1. The normalized spacial score (nSPS) is 10.4. The molecule has 0 fully saturated rings. The first-order valence-corrected chi connectivity index (χ1v) is 9.35. The van der Waals surface area contributed by atoms with E-state index in [1.165, 1.54) is 6.33 Å². The van der Waals surface area contributed by atoms with Gasteiger partial charge in [0.15, 0.2) is 0 Å². The first kappa shape index (κ1) is 20.2. The molecule has 2 aromatic heterocycles. The Labute approximate surface area is 173 Å². The number of nitrogens with one attached hydrogen (secondary N) is 3. The third-order valence-electron chi connectivity index (χ3n) is 3.85. The van der Waals surface area contributed by atoms with Crippen molar-refractivity contribution in [2.45, 2.75) is 13.0 Å². The summed E-state index contributed by atoms with van der Waals surface area (Å²) in [6.45, 7) is 1.17. The van der Waals surface area contributed by atoms with Gasteiger partial charge in [0.2, 0.25) is 11.6 Å². The van der Waals surface area contributed by atoms with Crippen LogP contribution in [0.3, 0.4) is 0 Å². The van der Waals surface area contributed by atoms with E-state index in [0.717, 1.165) is 4.47 Å². The number of carbonyl (C=O) groups excluding carboxylic acids is 1. The van der Waals surface area contributed by atoms with E-state index in [1.54, 1.807) is 36.8 Å². The Morgan fingerprint density at radius 2 is 1.97 bits per heavy atom. The predicted molar refractivity (Wildman–Crippen MR) is 109 cm³/mol. The van der Waals surface area contributed by atoms with Crippen molar-refractivity contribution in [3.63, 3.8) is 0 Å². The Morgan fingerprint density at radius 3 is 2.66 bits per heavy atom. The molecule has 0 radical (unpaired) electrons. The van der Waals surface area contributed by atoms with Crippen LogP contribution in [-0.4, -0.2) is 36.9 Å². The number of benzene rings is 1. The van der Waals surface area contributed by atoms with E-state index in [0.29, 0.717) is 25.1 Å². The largest absolute Gasteiger partial charge is 0.364 e. The van der Waals surface area contributed by atoms with Crippen LogP contribution in [-0.2, 0) is 6.54 Å². The van der Waals surface area contributed by atoms with Crippen LogP contribution >= 0.6 is 15.9 Å². The van der Waals surface area contributed by atoms with Gasteiger partial charge in [0.25, 0.3) is 5.91 Å². The molecule has 29 heavy (non-hydrogen) atoms.